The van der Waals surface area contributed by atoms with Crippen molar-refractivity contribution in [3.63, 3.8) is 0 Å². The van der Waals surface area contributed by atoms with E-state index in [0.717, 1.165) is 0 Å². The van der Waals surface area contributed by atoms with E-state index in [9.17, 15) is 13.2 Å². The van der Waals surface area contributed by atoms with Gasteiger partial charge in [-0.2, -0.15) is 0 Å². The Morgan fingerprint density at radius 2 is 1.90 bits per heavy atom. The van der Waals surface area contributed by atoms with Gasteiger partial charge in [0.1, 0.15) is 17.4 Å². The Balaban J connectivity index is 2.38. The molecule has 0 spiro atoms. The minimum Gasteiger partial charge on any atom is -0.406 e. The topological polar surface area (TPSA) is 47.0 Å². The number of benzene rings is 1. The monoisotopic (exact) mass is 283 g/mol. The summed E-state index contributed by atoms with van der Waals surface area (Å²) >= 11 is 0. The minimum absolute atomic E-state index is 0.280. The number of rotatable bonds is 3. The van der Waals surface area contributed by atoms with Gasteiger partial charge in [-0.3, -0.25) is 0 Å². The van der Waals surface area contributed by atoms with Gasteiger partial charge in [0.05, 0.1) is 5.69 Å². The molecule has 0 radical (unpaired) electrons. The summed E-state index contributed by atoms with van der Waals surface area (Å²) in [5.41, 5.74) is 1.04. The number of hydrogen-bond acceptors (Lipinski definition) is 4. The number of nitrogens with zero attached hydrogens (tertiary/aromatic N) is 2. The molecule has 0 bridgehead atoms. The van der Waals surface area contributed by atoms with Gasteiger partial charge in [-0.1, -0.05) is 12.1 Å². The summed E-state index contributed by atoms with van der Waals surface area (Å²) in [4.78, 5) is 8.33. The summed E-state index contributed by atoms with van der Waals surface area (Å²) in [6, 6.07) is 7.32. The van der Waals surface area contributed by atoms with E-state index in [4.69, 9.17) is 0 Å². The van der Waals surface area contributed by atoms with Gasteiger partial charge in [-0.05, 0) is 19.1 Å². The fraction of sp³-hybridized carbons (Fsp3) is 0.231. The summed E-state index contributed by atoms with van der Waals surface area (Å²) in [7, 11) is 1.70. The third-order valence-electron chi connectivity index (χ3n) is 2.46. The summed E-state index contributed by atoms with van der Waals surface area (Å²) < 4.78 is 40.5. The number of nitrogens with one attached hydrogen (secondary N) is 1. The van der Waals surface area contributed by atoms with Crippen LogP contribution in [-0.2, 0) is 0 Å². The summed E-state index contributed by atoms with van der Waals surface area (Å²) in [6.07, 6.45) is -4.71. The highest BCUT2D eigenvalue weighted by atomic mass is 19.4. The zero-order chi connectivity index (χ0) is 14.8. The Labute approximate surface area is 113 Å². The van der Waals surface area contributed by atoms with E-state index in [0.29, 0.717) is 22.9 Å². The van der Waals surface area contributed by atoms with Crippen molar-refractivity contribution in [1.82, 2.24) is 9.97 Å². The highest BCUT2D eigenvalue weighted by Crippen LogP contribution is 2.27. The van der Waals surface area contributed by atoms with Gasteiger partial charge in [0.2, 0.25) is 0 Å². The van der Waals surface area contributed by atoms with Gasteiger partial charge < -0.3 is 10.1 Å². The molecule has 0 unspecified atom stereocenters. The second kappa shape index (κ2) is 5.36. The van der Waals surface area contributed by atoms with Crippen molar-refractivity contribution >= 4 is 5.82 Å². The highest BCUT2D eigenvalue weighted by Gasteiger charge is 2.31. The molecule has 0 atom stereocenters. The van der Waals surface area contributed by atoms with Crippen molar-refractivity contribution in [2.75, 3.05) is 12.4 Å². The smallest absolute Gasteiger partial charge is 0.406 e. The summed E-state index contributed by atoms with van der Waals surface area (Å²) in [5.74, 6) is 0.834. The van der Waals surface area contributed by atoms with Crippen LogP contribution in [-0.4, -0.2) is 23.4 Å². The first-order valence-corrected chi connectivity index (χ1v) is 5.77. The third-order valence-corrected chi connectivity index (χ3v) is 2.46. The predicted molar refractivity (Wildman–Crippen MR) is 68.4 cm³/mol. The van der Waals surface area contributed by atoms with Crippen molar-refractivity contribution in [1.29, 1.82) is 0 Å². The van der Waals surface area contributed by atoms with Gasteiger partial charge in [0, 0.05) is 18.7 Å². The van der Waals surface area contributed by atoms with E-state index in [2.05, 4.69) is 20.0 Å². The fourth-order valence-electron chi connectivity index (χ4n) is 1.70. The molecule has 0 aliphatic carbocycles. The highest BCUT2D eigenvalue weighted by molar-refractivity contribution is 5.64. The Kier molecular flexibility index (Phi) is 3.78. The Morgan fingerprint density at radius 3 is 2.55 bits per heavy atom. The molecule has 0 saturated carbocycles. The largest absolute Gasteiger partial charge is 0.573 e. The van der Waals surface area contributed by atoms with Gasteiger partial charge in [0.25, 0.3) is 0 Å². The van der Waals surface area contributed by atoms with Crippen LogP contribution in [0.25, 0.3) is 11.3 Å². The Bertz CT molecular complexity index is 614. The van der Waals surface area contributed by atoms with Crippen LogP contribution >= 0.6 is 0 Å². The summed E-state index contributed by atoms with van der Waals surface area (Å²) in [6.45, 7) is 1.71. The molecular weight excluding hydrogens is 271 g/mol. The molecule has 0 aliphatic heterocycles. The lowest BCUT2D eigenvalue weighted by atomic mass is 10.1. The second-order valence-corrected chi connectivity index (χ2v) is 4.01. The van der Waals surface area contributed by atoms with Crippen LogP contribution in [0.3, 0.4) is 0 Å². The molecule has 2 aromatic rings. The Hall–Kier alpha value is -2.31. The maximum absolute atomic E-state index is 12.2. The van der Waals surface area contributed by atoms with E-state index >= 15 is 0 Å². The van der Waals surface area contributed by atoms with Crippen LogP contribution in [0, 0.1) is 6.92 Å². The number of anilines is 1. The van der Waals surface area contributed by atoms with E-state index in [1.807, 2.05) is 0 Å². The summed E-state index contributed by atoms with van der Waals surface area (Å²) in [5, 5.41) is 2.87. The average molecular weight is 283 g/mol. The van der Waals surface area contributed by atoms with Gasteiger partial charge in [-0.25, -0.2) is 9.97 Å². The van der Waals surface area contributed by atoms with Crippen LogP contribution in [0.15, 0.2) is 30.3 Å². The van der Waals surface area contributed by atoms with Crippen LogP contribution in [0.2, 0.25) is 0 Å². The molecule has 7 heteroatoms. The quantitative estimate of drug-likeness (QED) is 0.938. The number of hydrogen-bond donors (Lipinski definition) is 1. The normalized spacial score (nSPS) is 11.2. The lowest BCUT2D eigenvalue weighted by molar-refractivity contribution is -0.274. The van der Waals surface area contributed by atoms with E-state index < -0.39 is 6.36 Å². The van der Waals surface area contributed by atoms with Crippen molar-refractivity contribution in [3.05, 3.63) is 36.2 Å². The third kappa shape index (κ3) is 3.59. The van der Waals surface area contributed by atoms with Crippen LogP contribution in [0.5, 0.6) is 5.75 Å². The number of ether oxygens (including phenoxy) is 1. The minimum atomic E-state index is -4.71. The molecule has 4 nitrogen and oxygen atoms in total. The van der Waals surface area contributed by atoms with E-state index in [-0.39, 0.29) is 5.75 Å². The molecule has 1 heterocycles. The molecule has 1 aromatic carbocycles. The van der Waals surface area contributed by atoms with Crippen LogP contribution in [0.4, 0.5) is 19.0 Å². The molecular formula is C13H12F3N3O. The first-order chi connectivity index (χ1) is 9.37. The lowest BCUT2D eigenvalue weighted by Gasteiger charge is -2.10. The van der Waals surface area contributed by atoms with Crippen molar-refractivity contribution < 1.29 is 17.9 Å². The van der Waals surface area contributed by atoms with Gasteiger partial charge in [-0.15, -0.1) is 13.2 Å². The molecule has 1 N–H and O–H groups in total. The fourth-order valence-corrected chi connectivity index (χ4v) is 1.70. The van der Waals surface area contributed by atoms with E-state index in [1.165, 1.54) is 18.2 Å². The van der Waals surface area contributed by atoms with Crippen LogP contribution < -0.4 is 10.1 Å². The maximum Gasteiger partial charge on any atom is 0.573 e. The zero-order valence-corrected chi connectivity index (χ0v) is 10.8. The molecule has 0 aliphatic rings. The SMILES string of the molecule is CNc1cc(-c2cccc(OC(F)(F)F)c2)nc(C)n1. The molecule has 106 valence electrons. The second-order valence-electron chi connectivity index (χ2n) is 4.01. The molecule has 0 amide bonds. The van der Waals surface area contributed by atoms with Crippen molar-refractivity contribution in [2.45, 2.75) is 13.3 Å². The molecule has 0 fully saturated rings. The van der Waals surface area contributed by atoms with Crippen molar-refractivity contribution in [2.24, 2.45) is 0 Å². The number of aromatic nitrogens is 2. The zero-order valence-electron chi connectivity index (χ0n) is 10.8. The van der Waals surface area contributed by atoms with Crippen LogP contribution in [0.1, 0.15) is 5.82 Å². The number of aryl methyl sites for hydroxylation is 1. The molecule has 2 rings (SSSR count). The molecule has 1 aromatic heterocycles. The molecule has 0 saturated heterocycles. The predicted octanol–water partition coefficient (Wildman–Crippen LogP) is 3.39. The van der Waals surface area contributed by atoms with Gasteiger partial charge in [0.15, 0.2) is 0 Å². The van der Waals surface area contributed by atoms with E-state index in [1.54, 1.807) is 26.1 Å². The lowest BCUT2D eigenvalue weighted by Crippen LogP contribution is -2.17. The average Bonchev–Trinajstić information content (AvgIpc) is 2.36. The first kappa shape index (κ1) is 14.1. The maximum atomic E-state index is 12.2. The standard InChI is InChI=1S/C13H12F3N3O/c1-8-18-11(7-12(17-2)19-8)9-4-3-5-10(6-9)20-13(14,15)16/h3-7H,1-2H3,(H,17,18,19). The van der Waals surface area contributed by atoms with Crippen molar-refractivity contribution in [3.8, 4) is 17.0 Å². The Morgan fingerprint density at radius 1 is 1.15 bits per heavy atom. The number of halogens is 3. The van der Waals surface area contributed by atoms with Gasteiger partial charge >= 0.3 is 6.36 Å². The number of alkyl halides is 3. The molecule has 20 heavy (non-hydrogen) atoms. The first-order valence-electron chi connectivity index (χ1n) is 5.77.